The first-order chi connectivity index (χ1) is 16.3. The molecule has 4 aromatic rings. The summed E-state index contributed by atoms with van der Waals surface area (Å²) in [6, 6.07) is 21.2. The van der Waals surface area contributed by atoms with Crippen molar-refractivity contribution in [3.05, 3.63) is 112 Å². The maximum Gasteiger partial charge on any atom is 0.123 e. The molecule has 2 aliphatic rings. The second kappa shape index (κ2) is 7.19. The van der Waals surface area contributed by atoms with E-state index in [4.69, 9.17) is 0 Å². The summed E-state index contributed by atoms with van der Waals surface area (Å²) in [6.07, 6.45) is 0. The van der Waals surface area contributed by atoms with Gasteiger partial charge in [0.15, 0.2) is 0 Å². The smallest absolute Gasteiger partial charge is 0.123 e. The zero-order chi connectivity index (χ0) is 23.7. The van der Waals surface area contributed by atoms with Crippen molar-refractivity contribution in [1.82, 2.24) is 0 Å². The van der Waals surface area contributed by atoms with Gasteiger partial charge in [0, 0.05) is 46.9 Å². The Labute approximate surface area is 196 Å². The first kappa shape index (κ1) is 20.5. The minimum Gasteiger partial charge on any atom is -0.508 e. The third-order valence-electron chi connectivity index (χ3n) is 7.48. The molecule has 0 saturated carbocycles. The Bertz CT molecular complexity index is 1310. The maximum atomic E-state index is 11.0. The van der Waals surface area contributed by atoms with Gasteiger partial charge in [-0.25, -0.2) is 0 Å². The molecule has 0 saturated heterocycles. The van der Waals surface area contributed by atoms with Gasteiger partial charge in [0.05, 0.1) is 0 Å². The summed E-state index contributed by atoms with van der Waals surface area (Å²) in [4.78, 5) is 0. The van der Waals surface area contributed by atoms with Crippen LogP contribution in [0.15, 0.2) is 72.8 Å². The molecule has 0 amide bonds. The van der Waals surface area contributed by atoms with E-state index in [9.17, 15) is 25.5 Å². The standard InChI is InChI=1S/C29H24O5/c1-14-2-4-15(5-3-14)24-26-20(10-18(31)12-22(26)33)29-25(16-6-8-17(30)9-7-16)27-21(28(24)29)11-19(32)13-23(27)34/h2-13,24-25,28-34H,1H3/t24-,25-,28+,29+/m1/s1. The van der Waals surface area contributed by atoms with Crippen molar-refractivity contribution in [3.63, 3.8) is 0 Å². The van der Waals surface area contributed by atoms with E-state index in [0.29, 0.717) is 0 Å². The highest BCUT2D eigenvalue weighted by Crippen LogP contribution is 2.69. The number of fused-ring (bicyclic) bond motifs is 5. The fourth-order valence-corrected chi connectivity index (χ4v) is 6.24. The molecule has 5 heteroatoms. The largest absolute Gasteiger partial charge is 0.508 e. The molecule has 0 aromatic heterocycles. The van der Waals surface area contributed by atoms with Gasteiger partial charge in [0.25, 0.3) is 0 Å². The van der Waals surface area contributed by atoms with Gasteiger partial charge < -0.3 is 25.5 Å². The van der Waals surface area contributed by atoms with Crippen LogP contribution in [0.1, 0.15) is 62.6 Å². The van der Waals surface area contributed by atoms with Crippen LogP contribution in [0, 0.1) is 6.92 Å². The highest BCUT2D eigenvalue weighted by molar-refractivity contribution is 5.68. The van der Waals surface area contributed by atoms with Gasteiger partial charge in [-0.15, -0.1) is 0 Å². The van der Waals surface area contributed by atoms with Crippen molar-refractivity contribution in [1.29, 1.82) is 0 Å². The Hall–Kier alpha value is -4.12. The zero-order valence-electron chi connectivity index (χ0n) is 18.5. The third kappa shape index (κ3) is 2.86. The maximum absolute atomic E-state index is 11.0. The fourth-order valence-electron chi connectivity index (χ4n) is 6.24. The lowest BCUT2D eigenvalue weighted by Crippen LogP contribution is -2.10. The molecule has 0 bridgehead atoms. The molecule has 0 unspecified atom stereocenters. The van der Waals surface area contributed by atoms with Crippen molar-refractivity contribution in [2.24, 2.45) is 0 Å². The molecule has 0 fully saturated rings. The third-order valence-corrected chi connectivity index (χ3v) is 7.48. The van der Waals surface area contributed by atoms with Crippen LogP contribution in [0.3, 0.4) is 0 Å². The predicted molar refractivity (Wildman–Crippen MR) is 128 cm³/mol. The SMILES string of the molecule is Cc1ccc([C@@H]2c3c(O)cc(O)cc3[C@H]3[C@H](c4ccc(O)cc4)c4c(O)cc(O)cc4[C@@H]23)cc1. The van der Waals surface area contributed by atoms with Crippen molar-refractivity contribution in [2.75, 3.05) is 0 Å². The summed E-state index contributed by atoms with van der Waals surface area (Å²) in [6.45, 7) is 2.02. The Morgan fingerprint density at radius 2 is 0.912 bits per heavy atom. The second-order valence-corrected chi connectivity index (χ2v) is 9.44. The minimum atomic E-state index is -0.295. The second-order valence-electron chi connectivity index (χ2n) is 9.44. The van der Waals surface area contributed by atoms with Gasteiger partial charge in [0.2, 0.25) is 0 Å². The molecule has 0 aliphatic heterocycles. The van der Waals surface area contributed by atoms with Gasteiger partial charge >= 0.3 is 0 Å². The molecule has 4 aromatic carbocycles. The molecule has 2 aliphatic carbocycles. The topological polar surface area (TPSA) is 101 Å². The van der Waals surface area contributed by atoms with E-state index in [1.54, 1.807) is 24.3 Å². The molecule has 5 N–H and O–H groups in total. The first-order valence-electron chi connectivity index (χ1n) is 11.3. The normalized spacial score (nSPS) is 22.3. The number of aromatic hydroxyl groups is 5. The average molecular weight is 453 g/mol. The number of aryl methyl sites for hydroxylation is 1. The van der Waals surface area contributed by atoms with E-state index in [1.807, 2.05) is 31.2 Å². The van der Waals surface area contributed by atoms with Crippen LogP contribution in [-0.4, -0.2) is 25.5 Å². The Morgan fingerprint density at radius 3 is 1.35 bits per heavy atom. The van der Waals surface area contributed by atoms with Gasteiger partial charge in [0.1, 0.15) is 28.7 Å². The van der Waals surface area contributed by atoms with E-state index in [0.717, 1.165) is 38.9 Å². The van der Waals surface area contributed by atoms with Crippen molar-refractivity contribution < 1.29 is 25.5 Å². The number of benzene rings is 4. The van der Waals surface area contributed by atoms with Crippen molar-refractivity contribution in [3.8, 4) is 28.7 Å². The van der Waals surface area contributed by atoms with E-state index in [2.05, 4.69) is 12.1 Å². The zero-order valence-corrected chi connectivity index (χ0v) is 18.5. The molecular formula is C29H24O5. The van der Waals surface area contributed by atoms with Crippen LogP contribution in [0.2, 0.25) is 0 Å². The van der Waals surface area contributed by atoms with E-state index >= 15 is 0 Å². The van der Waals surface area contributed by atoms with Crippen LogP contribution < -0.4 is 0 Å². The first-order valence-corrected chi connectivity index (χ1v) is 11.3. The van der Waals surface area contributed by atoms with Crippen LogP contribution in [-0.2, 0) is 0 Å². The Morgan fingerprint density at radius 1 is 0.500 bits per heavy atom. The molecule has 0 radical (unpaired) electrons. The molecule has 6 rings (SSSR count). The lowest BCUT2D eigenvalue weighted by Gasteiger charge is -2.23. The number of phenols is 5. The van der Waals surface area contributed by atoms with Crippen molar-refractivity contribution >= 4 is 0 Å². The van der Waals surface area contributed by atoms with Crippen LogP contribution in [0.5, 0.6) is 28.7 Å². The van der Waals surface area contributed by atoms with E-state index in [1.165, 1.54) is 12.1 Å². The highest BCUT2D eigenvalue weighted by Gasteiger charge is 2.54. The minimum absolute atomic E-state index is 0.0102. The quantitative estimate of drug-likeness (QED) is 0.269. The molecule has 5 nitrogen and oxygen atoms in total. The Balaban J connectivity index is 1.67. The molecular weight excluding hydrogens is 428 g/mol. The number of hydrogen-bond acceptors (Lipinski definition) is 5. The summed E-state index contributed by atoms with van der Waals surface area (Å²) in [7, 11) is 0. The fraction of sp³-hybridized carbons (Fsp3) is 0.172. The van der Waals surface area contributed by atoms with Gasteiger partial charge in [-0.1, -0.05) is 42.0 Å². The van der Waals surface area contributed by atoms with Gasteiger partial charge in [-0.2, -0.15) is 0 Å². The van der Waals surface area contributed by atoms with Crippen LogP contribution >= 0.6 is 0 Å². The van der Waals surface area contributed by atoms with Crippen molar-refractivity contribution in [2.45, 2.75) is 30.6 Å². The summed E-state index contributed by atoms with van der Waals surface area (Å²) in [5.41, 5.74) is 6.16. The summed E-state index contributed by atoms with van der Waals surface area (Å²) in [5.74, 6) is -0.766. The lowest BCUT2D eigenvalue weighted by molar-refractivity contribution is 0.443. The monoisotopic (exact) mass is 452 g/mol. The molecule has 0 heterocycles. The number of phenolic OH excluding ortho intramolecular Hbond substituents is 5. The van der Waals surface area contributed by atoms with Gasteiger partial charge in [-0.3, -0.25) is 0 Å². The molecule has 34 heavy (non-hydrogen) atoms. The van der Waals surface area contributed by atoms with Gasteiger partial charge in [-0.05, 0) is 53.4 Å². The van der Waals surface area contributed by atoms with Crippen LogP contribution in [0.25, 0.3) is 0 Å². The average Bonchev–Trinajstić information content (AvgIpc) is 3.29. The Kier molecular flexibility index (Phi) is 4.33. The van der Waals surface area contributed by atoms with E-state index in [-0.39, 0.29) is 52.4 Å². The molecule has 170 valence electrons. The summed E-state index contributed by atoms with van der Waals surface area (Å²) < 4.78 is 0. The number of hydrogen-bond donors (Lipinski definition) is 5. The molecule has 4 atom stereocenters. The lowest BCUT2D eigenvalue weighted by atomic mass is 9.79. The predicted octanol–water partition coefficient (Wildman–Crippen LogP) is 5.68. The summed E-state index contributed by atoms with van der Waals surface area (Å²) in [5, 5.41) is 52.7. The number of rotatable bonds is 2. The summed E-state index contributed by atoms with van der Waals surface area (Å²) >= 11 is 0. The molecule has 0 spiro atoms. The highest BCUT2D eigenvalue weighted by atomic mass is 16.3. The van der Waals surface area contributed by atoms with Crippen LogP contribution in [0.4, 0.5) is 0 Å². The van der Waals surface area contributed by atoms with E-state index < -0.39 is 0 Å².